The molecule has 10 nitrogen and oxygen atoms in total. The van der Waals surface area contributed by atoms with E-state index < -0.39 is 31.0 Å². The van der Waals surface area contributed by atoms with Crippen LogP contribution in [-0.4, -0.2) is 65.6 Å². The summed E-state index contributed by atoms with van der Waals surface area (Å²) in [4.78, 5) is 7.80. The van der Waals surface area contributed by atoms with Crippen LogP contribution in [0, 0.1) is 0 Å². The highest BCUT2D eigenvalue weighted by atomic mass is 16.6. The second-order valence-electron chi connectivity index (χ2n) is 4.43. The van der Waals surface area contributed by atoms with Gasteiger partial charge in [-0.25, -0.2) is 9.97 Å². The Morgan fingerprint density at radius 2 is 2.05 bits per heavy atom. The average molecular weight is 283 g/mol. The van der Waals surface area contributed by atoms with Crippen LogP contribution in [0.2, 0.25) is 0 Å². The van der Waals surface area contributed by atoms with Crippen molar-refractivity contribution in [2.45, 2.75) is 24.4 Å². The zero-order valence-electron chi connectivity index (χ0n) is 10.1. The molecule has 108 valence electrons. The molecule has 0 aromatic carbocycles. The lowest BCUT2D eigenvalue weighted by Gasteiger charge is -2.12. The molecule has 0 spiro atoms. The molecule has 3 heterocycles. The molecule has 2 aromatic rings. The summed E-state index contributed by atoms with van der Waals surface area (Å²) < 4.78 is 5.40. The highest BCUT2D eigenvalue weighted by Crippen LogP contribution is 2.35. The van der Waals surface area contributed by atoms with Crippen LogP contribution in [0.25, 0.3) is 11.0 Å². The summed E-state index contributed by atoms with van der Waals surface area (Å²) in [5, 5.41) is 44.3. The van der Waals surface area contributed by atoms with Gasteiger partial charge in [0, 0.05) is 0 Å². The van der Waals surface area contributed by atoms with E-state index in [2.05, 4.69) is 20.2 Å². The van der Waals surface area contributed by atoms with E-state index in [0.29, 0.717) is 11.2 Å². The third-order valence-corrected chi connectivity index (χ3v) is 3.30. The number of aliphatic hydroxyl groups is 3. The van der Waals surface area contributed by atoms with E-state index >= 15 is 0 Å². The van der Waals surface area contributed by atoms with Gasteiger partial charge in [-0.3, -0.25) is 15.8 Å². The molecule has 1 saturated heterocycles. The first-order valence-corrected chi connectivity index (χ1v) is 5.89. The molecule has 1 aliphatic heterocycles. The van der Waals surface area contributed by atoms with Crippen molar-refractivity contribution in [2.24, 2.45) is 0 Å². The van der Waals surface area contributed by atoms with E-state index in [9.17, 15) is 10.2 Å². The normalized spacial score (nSPS) is 30.0. The Morgan fingerprint density at radius 1 is 1.25 bits per heavy atom. The Hall–Kier alpha value is -1.85. The average Bonchev–Trinajstić information content (AvgIpc) is 3.01. The highest BCUT2D eigenvalue weighted by Gasteiger charge is 2.44. The maximum atomic E-state index is 9.97. The Morgan fingerprint density at radius 3 is 2.70 bits per heavy atom. The molecule has 0 aliphatic carbocycles. The quantitative estimate of drug-likeness (QED) is 0.361. The first-order valence-electron chi connectivity index (χ1n) is 5.89. The van der Waals surface area contributed by atoms with Gasteiger partial charge >= 0.3 is 0 Å². The number of hydrogen-bond donors (Lipinski definition) is 6. The summed E-state index contributed by atoms with van der Waals surface area (Å²) in [6.45, 7) is -0.417. The fraction of sp³-hybridized carbons (Fsp3) is 0.500. The number of anilines is 1. The van der Waals surface area contributed by atoms with Gasteiger partial charge in [0.05, 0.1) is 12.3 Å². The lowest BCUT2D eigenvalue weighted by atomic mass is 10.1. The van der Waals surface area contributed by atoms with Crippen LogP contribution in [0.1, 0.15) is 11.8 Å². The number of nitrogens with one attached hydrogen (secondary N) is 2. The van der Waals surface area contributed by atoms with Crippen LogP contribution in [-0.2, 0) is 4.74 Å². The number of nitrogens with zero attached hydrogens (tertiary/aromatic N) is 3. The predicted molar refractivity (Wildman–Crippen MR) is 63.8 cm³/mol. The SMILES string of the molecule is OC[C@@H]1O[C@H](c2[nH]nc3c(NO)ncnc23)[C@@H](O)[C@@H]1O. The van der Waals surface area contributed by atoms with Crippen molar-refractivity contribution in [2.75, 3.05) is 12.1 Å². The molecule has 0 saturated carbocycles. The molecule has 1 aliphatic rings. The lowest BCUT2D eigenvalue weighted by molar-refractivity contribution is -0.0236. The first-order chi connectivity index (χ1) is 9.67. The maximum absolute atomic E-state index is 9.97. The van der Waals surface area contributed by atoms with Gasteiger partial charge in [-0.15, -0.1) is 0 Å². The third kappa shape index (κ3) is 1.82. The smallest absolute Gasteiger partial charge is 0.181 e. The standard InChI is InChI=1S/C10H13N5O5/c16-1-3-7(17)8(18)9(20-3)5-4-6(14-13-5)10(15-19)12-2-11-4/h2-3,7-9,16-19H,1H2,(H,13,14)(H,11,12,15)/t3-,7+,8-,9+/m0/s1. The molecule has 2 aromatic heterocycles. The summed E-state index contributed by atoms with van der Waals surface area (Å²) in [6, 6.07) is 0. The molecule has 0 unspecified atom stereocenters. The van der Waals surface area contributed by atoms with Crippen molar-refractivity contribution in [3.8, 4) is 0 Å². The van der Waals surface area contributed by atoms with E-state index in [4.69, 9.17) is 15.1 Å². The molecule has 0 radical (unpaired) electrons. The topological polar surface area (TPSA) is 157 Å². The van der Waals surface area contributed by atoms with Gasteiger partial charge in [-0.2, -0.15) is 5.10 Å². The Bertz CT molecular complexity index is 619. The van der Waals surface area contributed by atoms with Gasteiger partial charge in [-0.05, 0) is 0 Å². The van der Waals surface area contributed by atoms with Gasteiger partial charge < -0.3 is 20.1 Å². The van der Waals surface area contributed by atoms with Crippen molar-refractivity contribution in [3.63, 3.8) is 0 Å². The number of hydrogen-bond acceptors (Lipinski definition) is 9. The van der Waals surface area contributed by atoms with E-state index in [1.807, 2.05) is 5.48 Å². The van der Waals surface area contributed by atoms with Crippen LogP contribution in [0.15, 0.2) is 6.33 Å². The number of aliphatic hydroxyl groups excluding tert-OH is 3. The number of aromatic nitrogens is 4. The zero-order chi connectivity index (χ0) is 14.3. The molecule has 0 bridgehead atoms. The lowest BCUT2D eigenvalue weighted by Crippen LogP contribution is -2.32. The molecule has 0 amide bonds. The molecule has 20 heavy (non-hydrogen) atoms. The van der Waals surface area contributed by atoms with E-state index in [1.54, 1.807) is 0 Å². The van der Waals surface area contributed by atoms with Crippen LogP contribution in [0.3, 0.4) is 0 Å². The van der Waals surface area contributed by atoms with Crippen LogP contribution >= 0.6 is 0 Å². The van der Waals surface area contributed by atoms with E-state index in [0.717, 1.165) is 0 Å². The minimum atomic E-state index is -1.23. The van der Waals surface area contributed by atoms with Gasteiger partial charge in [0.2, 0.25) is 0 Å². The summed E-state index contributed by atoms with van der Waals surface area (Å²) >= 11 is 0. The largest absolute Gasteiger partial charge is 0.394 e. The van der Waals surface area contributed by atoms with Crippen LogP contribution in [0.4, 0.5) is 5.82 Å². The van der Waals surface area contributed by atoms with Gasteiger partial charge in [0.25, 0.3) is 0 Å². The second kappa shape index (κ2) is 4.92. The summed E-state index contributed by atoms with van der Waals surface area (Å²) in [6.07, 6.45) is -3.02. The zero-order valence-corrected chi connectivity index (χ0v) is 10.1. The molecule has 4 atom stereocenters. The summed E-state index contributed by atoms with van der Waals surface area (Å²) in [5.74, 6) is 0.101. The first kappa shape index (κ1) is 13.1. The van der Waals surface area contributed by atoms with Gasteiger partial charge in [0.15, 0.2) is 11.3 Å². The molecular weight excluding hydrogens is 270 g/mol. The van der Waals surface area contributed by atoms with Crippen LogP contribution in [0.5, 0.6) is 0 Å². The fourth-order valence-electron chi connectivity index (χ4n) is 2.27. The third-order valence-electron chi connectivity index (χ3n) is 3.30. The van der Waals surface area contributed by atoms with Crippen molar-refractivity contribution in [1.29, 1.82) is 0 Å². The van der Waals surface area contributed by atoms with Crippen molar-refractivity contribution < 1.29 is 25.3 Å². The Kier molecular flexibility index (Phi) is 3.23. The number of H-pyrrole nitrogens is 1. The summed E-state index contributed by atoms with van der Waals surface area (Å²) in [7, 11) is 0. The number of fused-ring (bicyclic) bond motifs is 1. The van der Waals surface area contributed by atoms with E-state index in [1.165, 1.54) is 6.33 Å². The molecule has 1 fully saturated rings. The monoisotopic (exact) mass is 283 g/mol. The number of aromatic amines is 1. The molecule has 10 heteroatoms. The summed E-state index contributed by atoms with van der Waals surface area (Å²) in [5.41, 5.74) is 2.83. The van der Waals surface area contributed by atoms with Gasteiger partial charge in [0.1, 0.15) is 36.3 Å². The highest BCUT2D eigenvalue weighted by molar-refractivity contribution is 5.86. The number of ether oxygens (including phenoxy) is 1. The molecule has 6 N–H and O–H groups in total. The predicted octanol–water partition coefficient (Wildman–Crippen LogP) is -1.69. The minimum absolute atomic E-state index is 0.101. The van der Waals surface area contributed by atoms with Crippen LogP contribution < -0.4 is 5.48 Å². The number of rotatable bonds is 3. The van der Waals surface area contributed by atoms with Crippen molar-refractivity contribution >= 4 is 16.9 Å². The molecule has 3 rings (SSSR count). The van der Waals surface area contributed by atoms with Crippen molar-refractivity contribution in [1.82, 2.24) is 20.2 Å². The minimum Gasteiger partial charge on any atom is -0.394 e. The Labute approximate surface area is 112 Å². The van der Waals surface area contributed by atoms with Crippen molar-refractivity contribution in [3.05, 3.63) is 12.0 Å². The second-order valence-corrected chi connectivity index (χ2v) is 4.43. The van der Waals surface area contributed by atoms with E-state index in [-0.39, 0.29) is 11.3 Å². The molecular formula is C10H13N5O5. The van der Waals surface area contributed by atoms with Gasteiger partial charge in [-0.1, -0.05) is 0 Å². The Balaban J connectivity index is 2.03. The fourth-order valence-corrected chi connectivity index (χ4v) is 2.27. The maximum Gasteiger partial charge on any atom is 0.181 e.